The first-order chi connectivity index (χ1) is 15.8. The Balaban J connectivity index is 1.53. The number of amides is 2. The second-order valence-electron chi connectivity index (χ2n) is 8.35. The minimum atomic E-state index is -0.350. The number of carbonyl (C=O) groups is 2. The molecule has 3 aromatic rings. The van der Waals surface area contributed by atoms with Gasteiger partial charge in [0.1, 0.15) is 5.76 Å². The number of carbonyl (C=O) groups excluding carboxylic acids is 2. The Morgan fingerprint density at radius 3 is 2.42 bits per heavy atom. The maximum absolute atomic E-state index is 12.7. The molecule has 7 heteroatoms. The summed E-state index contributed by atoms with van der Waals surface area (Å²) in [5, 5.41) is 8.69. The summed E-state index contributed by atoms with van der Waals surface area (Å²) >= 11 is 5.31. The molecule has 0 saturated carbocycles. The van der Waals surface area contributed by atoms with Gasteiger partial charge in [-0.3, -0.25) is 9.59 Å². The van der Waals surface area contributed by atoms with Gasteiger partial charge >= 0.3 is 0 Å². The summed E-state index contributed by atoms with van der Waals surface area (Å²) in [5.74, 6) is 0.471. The first-order valence-electron chi connectivity index (χ1n) is 10.9. The fraction of sp³-hybridized carbons (Fsp3) is 0.269. The van der Waals surface area contributed by atoms with E-state index in [0.29, 0.717) is 29.5 Å². The van der Waals surface area contributed by atoms with Crippen molar-refractivity contribution < 1.29 is 14.0 Å². The molecular weight excluding hydrogens is 434 g/mol. The zero-order valence-electron chi connectivity index (χ0n) is 19.1. The molecule has 1 aromatic heterocycles. The van der Waals surface area contributed by atoms with Crippen molar-refractivity contribution in [1.29, 1.82) is 0 Å². The maximum Gasteiger partial charge on any atom is 0.251 e. The van der Waals surface area contributed by atoms with Crippen LogP contribution in [0.4, 0.5) is 5.69 Å². The van der Waals surface area contributed by atoms with Gasteiger partial charge in [-0.05, 0) is 72.9 Å². The lowest BCUT2D eigenvalue weighted by Crippen LogP contribution is -2.36. The quantitative estimate of drug-likeness (QED) is 0.408. The number of thiocarbonyl (C=S) groups is 1. The summed E-state index contributed by atoms with van der Waals surface area (Å²) in [4.78, 5) is 25.1. The topological polar surface area (TPSA) is 83.4 Å². The van der Waals surface area contributed by atoms with Crippen LogP contribution < -0.4 is 16.0 Å². The van der Waals surface area contributed by atoms with Crippen LogP contribution in [0.1, 0.15) is 53.9 Å². The molecule has 3 N–H and O–H groups in total. The second-order valence-corrected chi connectivity index (χ2v) is 8.76. The summed E-state index contributed by atoms with van der Waals surface area (Å²) in [6, 6.07) is 18.6. The van der Waals surface area contributed by atoms with E-state index in [1.54, 1.807) is 42.7 Å². The normalized spacial score (nSPS) is 11.6. The van der Waals surface area contributed by atoms with Crippen LogP contribution in [0.3, 0.4) is 0 Å². The van der Waals surface area contributed by atoms with Crippen molar-refractivity contribution in [2.24, 2.45) is 5.92 Å². The molecule has 0 aliphatic rings. The highest BCUT2D eigenvalue weighted by Crippen LogP contribution is 2.18. The van der Waals surface area contributed by atoms with Crippen molar-refractivity contribution in [1.82, 2.24) is 10.6 Å². The van der Waals surface area contributed by atoms with Crippen LogP contribution >= 0.6 is 12.2 Å². The molecule has 0 aliphatic carbocycles. The molecule has 172 valence electrons. The van der Waals surface area contributed by atoms with E-state index < -0.39 is 0 Å². The number of hydrogen-bond donors (Lipinski definition) is 3. The van der Waals surface area contributed by atoms with Gasteiger partial charge in [0.05, 0.1) is 18.7 Å². The third-order valence-corrected chi connectivity index (χ3v) is 5.34. The number of benzene rings is 2. The SMILES string of the molecule is CC(C)Cc1ccc(C(C)C(=O)NC(=S)Nc2cccc(C(=O)NCc3ccco3)c2)cc1. The molecule has 0 saturated heterocycles. The fourth-order valence-corrected chi connectivity index (χ4v) is 3.59. The lowest BCUT2D eigenvalue weighted by atomic mass is 9.96. The van der Waals surface area contributed by atoms with Crippen LogP contribution in [0.2, 0.25) is 0 Å². The first kappa shape index (κ1) is 24.2. The lowest BCUT2D eigenvalue weighted by molar-refractivity contribution is -0.120. The van der Waals surface area contributed by atoms with Crippen LogP contribution in [0.15, 0.2) is 71.3 Å². The molecule has 0 bridgehead atoms. The molecule has 6 nitrogen and oxygen atoms in total. The van der Waals surface area contributed by atoms with E-state index in [0.717, 1.165) is 12.0 Å². The maximum atomic E-state index is 12.7. The molecule has 2 aromatic carbocycles. The molecular formula is C26H29N3O3S. The van der Waals surface area contributed by atoms with E-state index in [4.69, 9.17) is 16.6 Å². The van der Waals surface area contributed by atoms with E-state index in [2.05, 4.69) is 41.9 Å². The van der Waals surface area contributed by atoms with Gasteiger partial charge in [-0.15, -0.1) is 0 Å². The molecule has 1 unspecified atom stereocenters. The smallest absolute Gasteiger partial charge is 0.251 e. The number of hydrogen-bond acceptors (Lipinski definition) is 4. The summed E-state index contributed by atoms with van der Waals surface area (Å²) in [6.07, 6.45) is 2.57. The number of rotatable bonds is 8. The third kappa shape index (κ3) is 7.29. The minimum absolute atomic E-state index is 0.177. The van der Waals surface area contributed by atoms with Gasteiger partial charge in [-0.25, -0.2) is 0 Å². The van der Waals surface area contributed by atoms with Crippen LogP contribution in [0, 0.1) is 5.92 Å². The van der Waals surface area contributed by atoms with E-state index in [1.165, 1.54) is 5.56 Å². The standard InChI is InChI=1S/C26H29N3O3S/c1-17(2)14-19-9-11-20(12-10-19)18(3)24(30)29-26(33)28-22-7-4-6-21(15-22)25(31)27-16-23-8-5-13-32-23/h4-13,15,17-18H,14,16H2,1-3H3,(H,27,31)(H2,28,29,30,33). The Morgan fingerprint density at radius 2 is 1.76 bits per heavy atom. The molecule has 2 amide bonds. The zero-order valence-corrected chi connectivity index (χ0v) is 19.9. The summed E-state index contributed by atoms with van der Waals surface area (Å²) < 4.78 is 5.22. The first-order valence-corrected chi connectivity index (χ1v) is 11.3. The Hall–Kier alpha value is -3.45. The Bertz CT molecular complexity index is 1090. The average molecular weight is 464 g/mol. The van der Waals surface area contributed by atoms with Crippen molar-refractivity contribution in [2.75, 3.05) is 5.32 Å². The molecule has 0 spiro atoms. The van der Waals surface area contributed by atoms with E-state index in [1.807, 2.05) is 19.1 Å². The highest BCUT2D eigenvalue weighted by molar-refractivity contribution is 7.80. The van der Waals surface area contributed by atoms with E-state index in [-0.39, 0.29) is 22.8 Å². The monoisotopic (exact) mass is 463 g/mol. The predicted octanol–water partition coefficient (Wildman–Crippen LogP) is 5.02. The molecule has 0 fully saturated rings. The predicted molar refractivity (Wildman–Crippen MR) is 134 cm³/mol. The molecule has 1 heterocycles. The number of furan rings is 1. The third-order valence-electron chi connectivity index (χ3n) is 5.14. The molecule has 33 heavy (non-hydrogen) atoms. The van der Waals surface area contributed by atoms with Gasteiger partial charge < -0.3 is 20.4 Å². The summed E-state index contributed by atoms with van der Waals surface area (Å²) in [7, 11) is 0. The Kier molecular flexibility index (Phi) is 8.38. The number of nitrogens with one attached hydrogen (secondary N) is 3. The van der Waals surface area contributed by atoms with Crippen molar-refractivity contribution in [2.45, 2.75) is 39.7 Å². The van der Waals surface area contributed by atoms with Gasteiger partial charge in [0, 0.05) is 11.3 Å². The van der Waals surface area contributed by atoms with Crippen molar-refractivity contribution in [3.05, 3.63) is 89.4 Å². The van der Waals surface area contributed by atoms with Crippen LogP contribution in [-0.2, 0) is 17.8 Å². The van der Waals surface area contributed by atoms with Crippen LogP contribution in [0.25, 0.3) is 0 Å². The van der Waals surface area contributed by atoms with Crippen molar-refractivity contribution >= 4 is 34.8 Å². The molecule has 0 aliphatic heterocycles. The van der Waals surface area contributed by atoms with Gasteiger partial charge in [0.2, 0.25) is 5.91 Å². The van der Waals surface area contributed by atoms with Gasteiger partial charge in [-0.1, -0.05) is 44.2 Å². The van der Waals surface area contributed by atoms with Crippen molar-refractivity contribution in [3.8, 4) is 0 Å². The van der Waals surface area contributed by atoms with Crippen LogP contribution in [-0.4, -0.2) is 16.9 Å². The summed E-state index contributed by atoms with van der Waals surface area (Å²) in [5.41, 5.74) is 3.26. The highest BCUT2D eigenvalue weighted by Gasteiger charge is 2.17. The molecule has 3 rings (SSSR count). The largest absolute Gasteiger partial charge is 0.467 e. The number of anilines is 1. The Morgan fingerprint density at radius 1 is 1.00 bits per heavy atom. The second kappa shape index (κ2) is 11.4. The highest BCUT2D eigenvalue weighted by atomic mass is 32.1. The van der Waals surface area contributed by atoms with Gasteiger partial charge in [0.25, 0.3) is 5.91 Å². The van der Waals surface area contributed by atoms with E-state index in [9.17, 15) is 9.59 Å². The van der Waals surface area contributed by atoms with E-state index >= 15 is 0 Å². The average Bonchev–Trinajstić information content (AvgIpc) is 3.31. The zero-order chi connectivity index (χ0) is 23.8. The lowest BCUT2D eigenvalue weighted by Gasteiger charge is -2.15. The minimum Gasteiger partial charge on any atom is -0.467 e. The fourth-order valence-electron chi connectivity index (χ4n) is 3.37. The van der Waals surface area contributed by atoms with Crippen LogP contribution in [0.5, 0.6) is 0 Å². The van der Waals surface area contributed by atoms with Gasteiger partial charge in [-0.2, -0.15) is 0 Å². The van der Waals surface area contributed by atoms with Gasteiger partial charge in [0.15, 0.2) is 5.11 Å². The Labute approximate surface area is 199 Å². The van der Waals surface area contributed by atoms with Crippen molar-refractivity contribution in [3.63, 3.8) is 0 Å². The molecule has 1 atom stereocenters. The summed E-state index contributed by atoms with van der Waals surface area (Å²) in [6.45, 7) is 6.51. The molecule has 0 radical (unpaired) electrons.